The van der Waals surface area contributed by atoms with Gasteiger partial charge in [0.15, 0.2) is 0 Å². The second-order valence-corrected chi connectivity index (χ2v) is 7.28. The summed E-state index contributed by atoms with van der Waals surface area (Å²) in [5.41, 5.74) is 2.17. The number of benzene rings is 2. The van der Waals surface area contributed by atoms with Gasteiger partial charge in [-0.15, -0.1) is 16.5 Å². The van der Waals surface area contributed by atoms with Gasteiger partial charge in [0.05, 0.1) is 17.8 Å². The van der Waals surface area contributed by atoms with Gasteiger partial charge in [-0.1, -0.05) is 46.3 Å². The largest absolute Gasteiger partial charge is 0.422 e. The first-order valence-electron chi connectivity index (χ1n) is 7.80. The van der Waals surface area contributed by atoms with Crippen LogP contribution in [0.3, 0.4) is 0 Å². The Bertz CT molecular complexity index is 1170. The van der Waals surface area contributed by atoms with Crippen molar-refractivity contribution in [2.45, 2.75) is 6.54 Å². The maximum Gasteiger partial charge on any atom is 0.345 e. The SMILES string of the molecule is O=c1oc2ccccc2cc1-c1csc(N=NCc2cccc(Br)c2)n1. The van der Waals surface area contributed by atoms with Crippen LogP contribution in [-0.4, -0.2) is 4.98 Å². The highest BCUT2D eigenvalue weighted by molar-refractivity contribution is 9.10. The molecule has 0 unspecified atom stereocenters. The van der Waals surface area contributed by atoms with Crippen molar-refractivity contribution in [1.82, 2.24) is 4.98 Å². The minimum absolute atomic E-state index is 0.411. The van der Waals surface area contributed by atoms with E-state index in [2.05, 4.69) is 31.1 Å². The van der Waals surface area contributed by atoms with Crippen LogP contribution in [0.2, 0.25) is 0 Å². The Labute approximate surface area is 161 Å². The summed E-state index contributed by atoms with van der Waals surface area (Å²) >= 11 is 4.77. The summed E-state index contributed by atoms with van der Waals surface area (Å²) in [6, 6.07) is 17.1. The molecule has 0 aliphatic carbocycles. The molecule has 0 saturated heterocycles. The molecule has 5 nitrogen and oxygen atoms in total. The van der Waals surface area contributed by atoms with Gasteiger partial charge in [-0.3, -0.25) is 0 Å². The molecule has 0 spiro atoms. The molecule has 26 heavy (non-hydrogen) atoms. The topological polar surface area (TPSA) is 67.8 Å². The van der Waals surface area contributed by atoms with Crippen LogP contribution in [0.15, 0.2) is 83.9 Å². The summed E-state index contributed by atoms with van der Waals surface area (Å²) in [6.45, 7) is 0.465. The molecule has 2 aromatic heterocycles. The van der Waals surface area contributed by atoms with Gasteiger partial charge >= 0.3 is 5.63 Å². The fourth-order valence-electron chi connectivity index (χ4n) is 2.49. The zero-order chi connectivity index (χ0) is 17.9. The Morgan fingerprint density at radius 3 is 2.88 bits per heavy atom. The number of fused-ring (bicyclic) bond motifs is 1. The monoisotopic (exact) mass is 425 g/mol. The van der Waals surface area contributed by atoms with Crippen molar-refractivity contribution in [3.05, 3.63) is 80.4 Å². The van der Waals surface area contributed by atoms with E-state index in [0.717, 1.165) is 15.4 Å². The molecule has 0 amide bonds. The summed E-state index contributed by atoms with van der Waals surface area (Å²) in [4.78, 5) is 16.6. The number of hydrogen-bond donors (Lipinski definition) is 0. The number of halogens is 1. The van der Waals surface area contributed by atoms with Gasteiger partial charge in [0.2, 0.25) is 5.13 Å². The number of rotatable bonds is 4. The number of azo groups is 1. The Morgan fingerprint density at radius 1 is 1.12 bits per heavy atom. The second-order valence-electron chi connectivity index (χ2n) is 5.53. The summed E-state index contributed by atoms with van der Waals surface area (Å²) in [7, 11) is 0. The van der Waals surface area contributed by atoms with Crippen molar-refractivity contribution in [2.75, 3.05) is 0 Å². The van der Waals surface area contributed by atoms with Crippen LogP contribution in [0.25, 0.3) is 22.2 Å². The fourth-order valence-corrected chi connectivity index (χ4v) is 3.59. The van der Waals surface area contributed by atoms with Crippen LogP contribution in [-0.2, 0) is 6.54 Å². The van der Waals surface area contributed by atoms with Crippen LogP contribution in [0.1, 0.15) is 5.56 Å². The van der Waals surface area contributed by atoms with Crippen molar-refractivity contribution < 1.29 is 4.42 Å². The Kier molecular flexibility index (Phi) is 4.73. The highest BCUT2D eigenvalue weighted by Crippen LogP contribution is 2.27. The van der Waals surface area contributed by atoms with Crippen LogP contribution >= 0.6 is 27.3 Å². The Hall–Kier alpha value is -2.64. The van der Waals surface area contributed by atoms with Gasteiger partial charge in [-0.25, -0.2) is 9.78 Å². The first-order chi connectivity index (χ1) is 12.7. The zero-order valence-corrected chi connectivity index (χ0v) is 15.8. The van der Waals surface area contributed by atoms with Gasteiger partial charge in [0.25, 0.3) is 0 Å². The molecule has 0 aliphatic heterocycles. The molecule has 2 aromatic carbocycles. The van der Waals surface area contributed by atoms with Crippen LogP contribution in [0.5, 0.6) is 0 Å². The smallest absolute Gasteiger partial charge is 0.345 e. The lowest BCUT2D eigenvalue weighted by atomic mass is 10.1. The lowest BCUT2D eigenvalue weighted by Gasteiger charge is -1.98. The average Bonchev–Trinajstić information content (AvgIpc) is 3.10. The third-order valence-electron chi connectivity index (χ3n) is 3.71. The standard InChI is InChI=1S/C19H12BrN3O2S/c20-14-6-3-4-12(8-14)10-21-23-19-22-16(11-26-19)15-9-13-5-1-2-7-17(13)25-18(15)24/h1-9,11H,10H2. The summed E-state index contributed by atoms with van der Waals surface area (Å²) in [6.07, 6.45) is 0. The number of aromatic nitrogens is 1. The zero-order valence-electron chi connectivity index (χ0n) is 13.4. The van der Waals surface area contributed by atoms with Crippen molar-refractivity contribution in [2.24, 2.45) is 10.2 Å². The quantitative estimate of drug-likeness (QED) is 0.299. The van der Waals surface area contributed by atoms with Crippen LogP contribution in [0, 0.1) is 0 Å². The van der Waals surface area contributed by atoms with E-state index in [1.165, 1.54) is 11.3 Å². The third kappa shape index (κ3) is 3.63. The van der Waals surface area contributed by atoms with Crippen molar-refractivity contribution >= 4 is 43.4 Å². The average molecular weight is 426 g/mol. The second kappa shape index (κ2) is 7.31. The molecule has 7 heteroatoms. The molecular formula is C19H12BrN3O2S. The minimum atomic E-state index is -0.411. The molecule has 0 N–H and O–H groups in total. The number of nitrogens with zero attached hydrogens (tertiary/aromatic N) is 3. The van der Waals surface area contributed by atoms with E-state index in [4.69, 9.17) is 4.42 Å². The molecule has 0 radical (unpaired) electrons. The number of para-hydroxylation sites is 1. The van der Waals surface area contributed by atoms with Crippen molar-refractivity contribution in [1.29, 1.82) is 0 Å². The molecule has 0 saturated carbocycles. The predicted molar refractivity (Wildman–Crippen MR) is 106 cm³/mol. The van der Waals surface area contributed by atoms with Gasteiger partial charge in [0, 0.05) is 15.2 Å². The molecule has 4 rings (SSSR count). The lowest BCUT2D eigenvalue weighted by Crippen LogP contribution is -2.02. The normalized spacial score (nSPS) is 11.4. The molecule has 2 heterocycles. The van der Waals surface area contributed by atoms with Crippen molar-refractivity contribution in [3.63, 3.8) is 0 Å². The lowest BCUT2D eigenvalue weighted by molar-refractivity contribution is 0.563. The van der Waals surface area contributed by atoms with Gasteiger partial charge in [-0.2, -0.15) is 5.11 Å². The molecular weight excluding hydrogens is 414 g/mol. The first kappa shape index (κ1) is 16.8. The highest BCUT2D eigenvalue weighted by Gasteiger charge is 2.11. The molecule has 0 atom stereocenters. The maximum absolute atomic E-state index is 12.2. The van der Waals surface area contributed by atoms with E-state index in [0.29, 0.717) is 28.5 Å². The third-order valence-corrected chi connectivity index (χ3v) is 4.93. The van der Waals surface area contributed by atoms with E-state index < -0.39 is 5.63 Å². The van der Waals surface area contributed by atoms with Crippen LogP contribution < -0.4 is 5.63 Å². The van der Waals surface area contributed by atoms with Gasteiger partial charge in [0.1, 0.15) is 5.58 Å². The molecule has 0 bridgehead atoms. The van der Waals surface area contributed by atoms with Crippen LogP contribution in [0.4, 0.5) is 5.13 Å². The Morgan fingerprint density at radius 2 is 2.00 bits per heavy atom. The molecule has 0 aliphatic rings. The molecule has 4 aromatic rings. The maximum atomic E-state index is 12.2. The van der Waals surface area contributed by atoms with Crippen molar-refractivity contribution in [3.8, 4) is 11.3 Å². The number of hydrogen-bond acceptors (Lipinski definition) is 6. The first-order valence-corrected chi connectivity index (χ1v) is 9.47. The van der Waals surface area contributed by atoms with E-state index >= 15 is 0 Å². The van der Waals surface area contributed by atoms with E-state index in [9.17, 15) is 4.79 Å². The number of thiazole rings is 1. The molecule has 128 valence electrons. The highest BCUT2D eigenvalue weighted by atomic mass is 79.9. The Balaban J connectivity index is 1.57. The fraction of sp³-hybridized carbons (Fsp3) is 0.0526. The summed E-state index contributed by atoms with van der Waals surface area (Å²) in [5, 5.41) is 11.5. The van der Waals surface area contributed by atoms with Gasteiger partial charge < -0.3 is 4.42 Å². The van der Waals surface area contributed by atoms with E-state index in [1.54, 1.807) is 17.5 Å². The van der Waals surface area contributed by atoms with E-state index in [1.807, 2.05) is 42.5 Å². The minimum Gasteiger partial charge on any atom is -0.422 e. The summed E-state index contributed by atoms with van der Waals surface area (Å²) in [5.74, 6) is 0. The summed E-state index contributed by atoms with van der Waals surface area (Å²) < 4.78 is 6.36. The van der Waals surface area contributed by atoms with Gasteiger partial charge in [-0.05, 0) is 29.8 Å². The molecule has 0 fully saturated rings. The predicted octanol–water partition coefficient (Wildman–Crippen LogP) is 5.96. The van der Waals surface area contributed by atoms with E-state index in [-0.39, 0.29) is 0 Å².